The molecule has 0 amide bonds. The number of fused-ring (bicyclic) bond motifs is 1. The minimum Gasteiger partial charge on any atom is -0.490 e. The molecule has 28 heavy (non-hydrogen) atoms. The number of nitrogens with zero attached hydrogens (tertiary/aromatic N) is 1. The summed E-state index contributed by atoms with van der Waals surface area (Å²) in [6, 6.07) is 5.36. The molecule has 1 atom stereocenters. The van der Waals surface area contributed by atoms with Crippen molar-refractivity contribution in [2.24, 2.45) is 5.92 Å². The van der Waals surface area contributed by atoms with E-state index in [9.17, 15) is 22.4 Å². The molecule has 1 aliphatic heterocycles. The number of hydrogen-bond donors (Lipinski definition) is 1. The maximum atomic E-state index is 13.9. The highest BCUT2D eigenvalue weighted by atomic mass is 19.4. The van der Waals surface area contributed by atoms with E-state index in [0.717, 1.165) is 29.2 Å². The minimum absolute atomic E-state index is 0.114. The van der Waals surface area contributed by atoms with Crippen LogP contribution in [-0.4, -0.2) is 54.1 Å². The standard InChI is InChI=1S/C20H21F4NO3/c1-13-7-15-9-17(28-6-2-5-20(22,23)24)4-3-14(15)8-16(13)10-25-11-19(21,12-25)18(26)27/h2-5,8-9,13H,6-7,10-12H2,1H3,(H,26,27)/b5-2-/t13-/m0/s1. The molecule has 1 aromatic carbocycles. The van der Waals surface area contributed by atoms with Gasteiger partial charge < -0.3 is 9.84 Å². The fraction of sp³-hybridized carbons (Fsp3) is 0.450. The van der Waals surface area contributed by atoms with Crippen LogP contribution < -0.4 is 4.74 Å². The third-order valence-electron chi connectivity index (χ3n) is 5.01. The molecule has 0 saturated carbocycles. The summed E-state index contributed by atoms with van der Waals surface area (Å²) in [5.41, 5.74) is 0.962. The minimum atomic E-state index is -4.35. The molecule has 3 rings (SSSR count). The van der Waals surface area contributed by atoms with Crippen LogP contribution in [0.15, 0.2) is 35.9 Å². The molecule has 1 heterocycles. The fourth-order valence-corrected chi connectivity index (χ4v) is 3.49. The number of benzene rings is 1. The maximum absolute atomic E-state index is 13.9. The van der Waals surface area contributed by atoms with Gasteiger partial charge in [0, 0.05) is 25.7 Å². The van der Waals surface area contributed by atoms with Crippen LogP contribution in [-0.2, 0) is 11.2 Å². The lowest BCUT2D eigenvalue weighted by Gasteiger charge is -2.42. The number of rotatable bonds is 6. The Labute approximate surface area is 160 Å². The van der Waals surface area contributed by atoms with Gasteiger partial charge in [0.25, 0.3) is 0 Å². The highest BCUT2D eigenvalue weighted by Gasteiger charge is 2.50. The van der Waals surface area contributed by atoms with Crippen LogP contribution in [0.4, 0.5) is 17.6 Å². The zero-order valence-electron chi connectivity index (χ0n) is 15.3. The zero-order valence-corrected chi connectivity index (χ0v) is 15.3. The normalized spacial score (nSPS) is 21.8. The van der Waals surface area contributed by atoms with Crippen molar-refractivity contribution in [1.29, 1.82) is 0 Å². The molecule has 1 aromatic rings. The molecule has 0 radical (unpaired) electrons. The Hall–Kier alpha value is -2.35. The van der Waals surface area contributed by atoms with Gasteiger partial charge in [0.1, 0.15) is 12.4 Å². The number of halogens is 4. The van der Waals surface area contributed by atoms with Crippen molar-refractivity contribution in [2.75, 3.05) is 26.2 Å². The summed E-state index contributed by atoms with van der Waals surface area (Å²) in [5.74, 6) is -0.731. The second-order valence-corrected chi connectivity index (χ2v) is 7.36. The quantitative estimate of drug-likeness (QED) is 0.583. The van der Waals surface area contributed by atoms with E-state index in [-0.39, 0.29) is 31.7 Å². The van der Waals surface area contributed by atoms with Gasteiger partial charge in [0.15, 0.2) is 0 Å². The molecule has 1 N–H and O–H groups in total. The van der Waals surface area contributed by atoms with E-state index in [0.29, 0.717) is 12.3 Å². The average Bonchev–Trinajstić information content (AvgIpc) is 2.56. The lowest BCUT2D eigenvalue weighted by Crippen LogP contribution is -2.63. The second-order valence-electron chi connectivity index (χ2n) is 7.36. The monoisotopic (exact) mass is 399 g/mol. The number of carbonyl (C=O) groups is 1. The molecule has 152 valence electrons. The number of carboxylic acids is 1. The molecule has 0 spiro atoms. The first-order valence-electron chi connectivity index (χ1n) is 8.91. The molecular weight excluding hydrogens is 378 g/mol. The van der Waals surface area contributed by atoms with Crippen molar-refractivity contribution in [3.63, 3.8) is 0 Å². The predicted molar refractivity (Wildman–Crippen MR) is 95.9 cm³/mol. The Balaban J connectivity index is 1.61. The van der Waals surface area contributed by atoms with Crippen molar-refractivity contribution in [3.05, 3.63) is 47.1 Å². The van der Waals surface area contributed by atoms with Crippen LogP contribution >= 0.6 is 0 Å². The van der Waals surface area contributed by atoms with E-state index < -0.39 is 17.8 Å². The van der Waals surface area contributed by atoms with Crippen molar-refractivity contribution in [1.82, 2.24) is 4.90 Å². The van der Waals surface area contributed by atoms with Crippen LogP contribution in [0.25, 0.3) is 6.08 Å². The summed E-state index contributed by atoms with van der Waals surface area (Å²) in [4.78, 5) is 12.6. The number of allylic oxidation sites excluding steroid dienone is 1. The predicted octanol–water partition coefficient (Wildman–Crippen LogP) is 3.87. The Morgan fingerprint density at radius 2 is 2.11 bits per heavy atom. The van der Waals surface area contributed by atoms with Crippen LogP contribution in [0.5, 0.6) is 5.75 Å². The van der Waals surface area contributed by atoms with Gasteiger partial charge in [-0.3, -0.25) is 4.90 Å². The SMILES string of the molecule is C[C@H]1Cc2cc(OC/C=C\C(F)(F)F)ccc2C=C1CN1CC(F)(C(=O)O)C1. The highest BCUT2D eigenvalue weighted by molar-refractivity contribution is 5.79. The average molecular weight is 399 g/mol. The molecule has 4 nitrogen and oxygen atoms in total. The van der Waals surface area contributed by atoms with E-state index in [1.54, 1.807) is 11.0 Å². The molecule has 1 fully saturated rings. The number of hydrogen-bond acceptors (Lipinski definition) is 3. The van der Waals surface area contributed by atoms with Crippen molar-refractivity contribution in [2.45, 2.75) is 25.2 Å². The summed E-state index contributed by atoms with van der Waals surface area (Å²) in [7, 11) is 0. The van der Waals surface area contributed by atoms with Gasteiger partial charge >= 0.3 is 12.1 Å². The third kappa shape index (κ3) is 4.73. The Morgan fingerprint density at radius 3 is 2.75 bits per heavy atom. The van der Waals surface area contributed by atoms with Crippen molar-refractivity contribution in [3.8, 4) is 5.75 Å². The van der Waals surface area contributed by atoms with E-state index >= 15 is 0 Å². The van der Waals surface area contributed by atoms with E-state index in [1.807, 2.05) is 25.1 Å². The highest BCUT2D eigenvalue weighted by Crippen LogP contribution is 2.34. The number of carboxylic acid groups (broad SMARTS) is 1. The first-order valence-corrected chi connectivity index (χ1v) is 8.91. The Kier molecular flexibility index (Phi) is 5.52. The smallest absolute Gasteiger partial charge is 0.409 e. The van der Waals surface area contributed by atoms with Crippen LogP contribution in [0, 0.1) is 5.92 Å². The third-order valence-corrected chi connectivity index (χ3v) is 5.01. The van der Waals surface area contributed by atoms with Gasteiger partial charge in [0.05, 0.1) is 0 Å². The van der Waals surface area contributed by atoms with Crippen molar-refractivity contribution < 1.29 is 32.2 Å². The number of aliphatic carboxylic acids is 1. The summed E-state index contributed by atoms with van der Waals surface area (Å²) < 4.78 is 55.5. The van der Waals surface area contributed by atoms with Crippen molar-refractivity contribution >= 4 is 12.0 Å². The van der Waals surface area contributed by atoms with Crippen LogP contribution in [0.1, 0.15) is 18.1 Å². The Morgan fingerprint density at radius 1 is 1.39 bits per heavy atom. The molecule has 0 bridgehead atoms. The molecule has 2 aliphatic rings. The summed E-state index contributed by atoms with van der Waals surface area (Å²) in [6.45, 7) is 2.15. The first-order chi connectivity index (χ1) is 13.1. The van der Waals surface area contributed by atoms with Gasteiger partial charge in [-0.2, -0.15) is 13.2 Å². The molecule has 8 heteroatoms. The molecule has 1 aliphatic carbocycles. The van der Waals surface area contributed by atoms with E-state index in [4.69, 9.17) is 9.84 Å². The molecule has 1 saturated heterocycles. The van der Waals surface area contributed by atoms with Gasteiger partial charge in [0.2, 0.25) is 5.67 Å². The second kappa shape index (κ2) is 7.58. The van der Waals surface area contributed by atoms with E-state index in [2.05, 4.69) is 0 Å². The lowest BCUT2D eigenvalue weighted by molar-refractivity contribution is -0.163. The first kappa shape index (κ1) is 20.4. The fourth-order valence-electron chi connectivity index (χ4n) is 3.49. The van der Waals surface area contributed by atoms with Gasteiger partial charge in [-0.05, 0) is 41.7 Å². The van der Waals surface area contributed by atoms with Crippen LogP contribution in [0.3, 0.4) is 0 Å². The maximum Gasteiger partial charge on any atom is 0.409 e. The van der Waals surface area contributed by atoms with Crippen LogP contribution in [0.2, 0.25) is 0 Å². The summed E-state index contributed by atoms with van der Waals surface area (Å²) >= 11 is 0. The molecule has 0 unspecified atom stereocenters. The molecule has 0 aromatic heterocycles. The number of likely N-dealkylation sites (tertiary alicyclic amines) is 1. The summed E-state index contributed by atoms with van der Waals surface area (Å²) in [5, 5.41) is 8.85. The molecular formula is C20H21F4NO3. The summed E-state index contributed by atoms with van der Waals surface area (Å²) in [6.07, 6.45) is -0.539. The van der Waals surface area contributed by atoms with Gasteiger partial charge in [-0.25, -0.2) is 9.18 Å². The zero-order chi connectivity index (χ0) is 20.5. The van der Waals surface area contributed by atoms with E-state index in [1.165, 1.54) is 0 Å². The van der Waals surface area contributed by atoms with Gasteiger partial charge in [-0.15, -0.1) is 0 Å². The largest absolute Gasteiger partial charge is 0.490 e. The Bertz CT molecular complexity index is 810. The topological polar surface area (TPSA) is 49.8 Å². The number of alkyl halides is 4. The van der Waals surface area contributed by atoms with Gasteiger partial charge in [-0.1, -0.05) is 24.6 Å². The lowest BCUT2D eigenvalue weighted by atomic mass is 9.83. The number of ether oxygens (including phenoxy) is 1.